The molecule has 1 aliphatic rings. The number of guanidine groups is 1. The molecule has 1 aromatic rings. The average Bonchev–Trinajstić information content (AvgIpc) is 2.85. The third-order valence-corrected chi connectivity index (χ3v) is 3.82. The number of carbonyl (C=O) groups excluding carboxylic acids is 1. The van der Waals surface area contributed by atoms with Crippen molar-refractivity contribution in [3.63, 3.8) is 0 Å². The van der Waals surface area contributed by atoms with Crippen LogP contribution in [-0.4, -0.2) is 36.4 Å². The van der Waals surface area contributed by atoms with Gasteiger partial charge in [0.05, 0.1) is 0 Å². The number of aryl methyl sites for hydroxylation is 2. The van der Waals surface area contributed by atoms with Crippen LogP contribution in [0.3, 0.4) is 0 Å². The van der Waals surface area contributed by atoms with Crippen LogP contribution in [0, 0.1) is 13.8 Å². The molecule has 0 bridgehead atoms. The van der Waals surface area contributed by atoms with Crippen LogP contribution < -0.4 is 11.1 Å². The molecular formula is C16H24N4O. The Hall–Kier alpha value is -2.04. The number of benzene rings is 1. The van der Waals surface area contributed by atoms with Crippen LogP contribution in [0.15, 0.2) is 23.2 Å². The molecule has 1 saturated heterocycles. The third-order valence-electron chi connectivity index (χ3n) is 3.82. The molecule has 3 N–H and O–H groups in total. The smallest absolute Gasteiger partial charge is 0.222 e. The van der Waals surface area contributed by atoms with Crippen molar-refractivity contribution in [3.8, 4) is 0 Å². The average molecular weight is 288 g/mol. The summed E-state index contributed by atoms with van der Waals surface area (Å²) in [4.78, 5) is 17.7. The van der Waals surface area contributed by atoms with Crippen LogP contribution in [0.4, 0.5) is 5.69 Å². The number of anilines is 1. The van der Waals surface area contributed by atoms with Crippen molar-refractivity contribution in [3.05, 3.63) is 29.3 Å². The molecular weight excluding hydrogens is 264 g/mol. The normalized spacial score (nSPS) is 15.6. The molecule has 0 atom stereocenters. The summed E-state index contributed by atoms with van der Waals surface area (Å²) in [5.41, 5.74) is 9.30. The van der Waals surface area contributed by atoms with Gasteiger partial charge in [-0.25, -0.2) is 0 Å². The van der Waals surface area contributed by atoms with Gasteiger partial charge in [0, 0.05) is 31.7 Å². The molecule has 0 unspecified atom stereocenters. The Bertz CT molecular complexity index is 539. The first-order valence-electron chi connectivity index (χ1n) is 7.48. The van der Waals surface area contributed by atoms with Crippen LogP contribution in [0.2, 0.25) is 0 Å². The maximum absolute atomic E-state index is 11.5. The van der Waals surface area contributed by atoms with Gasteiger partial charge in [0.2, 0.25) is 5.91 Å². The fourth-order valence-corrected chi connectivity index (χ4v) is 2.41. The van der Waals surface area contributed by atoms with E-state index in [2.05, 4.69) is 36.3 Å². The molecule has 5 nitrogen and oxygen atoms in total. The van der Waals surface area contributed by atoms with Gasteiger partial charge in [-0.2, -0.15) is 0 Å². The van der Waals surface area contributed by atoms with Crippen molar-refractivity contribution < 1.29 is 4.79 Å². The second-order valence-corrected chi connectivity index (χ2v) is 5.53. The SMILES string of the molecule is Cc1ccc(NC(N)=NCCCN2CCCC2=O)cc1C. The number of carbonyl (C=O) groups is 1. The molecule has 5 heteroatoms. The van der Waals surface area contributed by atoms with E-state index in [0.717, 1.165) is 31.6 Å². The Labute approximate surface area is 126 Å². The van der Waals surface area contributed by atoms with Crippen LogP contribution in [0.5, 0.6) is 0 Å². The standard InChI is InChI=1S/C16H24N4O/c1-12-6-7-14(11-13(12)2)19-16(17)18-8-4-10-20-9-3-5-15(20)21/h6-7,11H,3-5,8-10H2,1-2H3,(H3,17,18,19). The van der Waals surface area contributed by atoms with E-state index in [1.54, 1.807) is 0 Å². The van der Waals surface area contributed by atoms with Gasteiger partial charge >= 0.3 is 0 Å². The van der Waals surface area contributed by atoms with Gasteiger partial charge in [0.1, 0.15) is 0 Å². The number of nitrogens with two attached hydrogens (primary N) is 1. The fraction of sp³-hybridized carbons (Fsp3) is 0.500. The first kappa shape index (κ1) is 15.4. The van der Waals surface area contributed by atoms with Crippen LogP contribution in [0.1, 0.15) is 30.4 Å². The van der Waals surface area contributed by atoms with E-state index in [9.17, 15) is 4.79 Å². The Morgan fingerprint density at radius 1 is 1.38 bits per heavy atom. The quantitative estimate of drug-likeness (QED) is 0.495. The second-order valence-electron chi connectivity index (χ2n) is 5.53. The molecule has 0 radical (unpaired) electrons. The predicted octanol–water partition coefficient (Wildman–Crippen LogP) is 2.04. The highest BCUT2D eigenvalue weighted by molar-refractivity contribution is 5.92. The second kappa shape index (κ2) is 7.11. The summed E-state index contributed by atoms with van der Waals surface area (Å²) in [6, 6.07) is 6.11. The third kappa shape index (κ3) is 4.48. The fourth-order valence-electron chi connectivity index (χ4n) is 2.41. The van der Waals surface area contributed by atoms with E-state index in [-0.39, 0.29) is 5.91 Å². The number of hydrogen-bond acceptors (Lipinski definition) is 2. The number of nitrogens with zero attached hydrogens (tertiary/aromatic N) is 2. The van der Waals surface area contributed by atoms with Crippen molar-refractivity contribution in [2.45, 2.75) is 33.1 Å². The van der Waals surface area contributed by atoms with Crippen molar-refractivity contribution in [1.29, 1.82) is 0 Å². The van der Waals surface area contributed by atoms with Gasteiger partial charge in [-0.05, 0) is 49.9 Å². The monoisotopic (exact) mass is 288 g/mol. The highest BCUT2D eigenvalue weighted by atomic mass is 16.2. The lowest BCUT2D eigenvalue weighted by Gasteiger charge is -2.14. The van der Waals surface area contributed by atoms with Gasteiger partial charge in [-0.15, -0.1) is 0 Å². The number of rotatable bonds is 5. The zero-order valence-corrected chi connectivity index (χ0v) is 12.9. The Morgan fingerprint density at radius 3 is 2.86 bits per heavy atom. The summed E-state index contributed by atoms with van der Waals surface area (Å²) in [5.74, 6) is 0.686. The summed E-state index contributed by atoms with van der Waals surface area (Å²) in [6.07, 6.45) is 2.53. The van der Waals surface area contributed by atoms with Crippen molar-refractivity contribution in [2.75, 3.05) is 25.0 Å². The lowest BCUT2D eigenvalue weighted by molar-refractivity contribution is -0.127. The molecule has 0 aliphatic carbocycles. The number of nitrogens with one attached hydrogen (secondary N) is 1. The predicted molar refractivity (Wildman–Crippen MR) is 86.5 cm³/mol. The molecule has 0 spiro atoms. The lowest BCUT2D eigenvalue weighted by atomic mass is 10.1. The number of likely N-dealkylation sites (tertiary alicyclic amines) is 1. The summed E-state index contributed by atoms with van der Waals surface area (Å²) >= 11 is 0. The van der Waals surface area contributed by atoms with Crippen LogP contribution >= 0.6 is 0 Å². The molecule has 1 amide bonds. The molecule has 1 heterocycles. The first-order valence-corrected chi connectivity index (χ1v) is 7.48. The van der Waals surface area contributed by atoms with E-state index in [0.29, 0.717) is 18.9 Å². The maximum atomic E-state index is 11.5. The Kier molecular flexibility index (Phi) is 5.20. The van der Waals surface area contributed by atoms with Gasteiger partial charge in [0.25, 0.3) is 0 Å². The molecule has 0 saturated carbocycles. The van der Waals surface area contributed by atoms with E-state index in [1.807, 2.05) is 11.0 Å². The Balaban J connectivity index is 1.75. The highest BCUT2D eigenvalue weighted by Gasteiger charge is 2.18. The van der Waals surface area contributed by atoms with Crippen LogP contribution in [0.25, 0.3) is 0 Å². The minimum Gasteiger partial charge on any atom is -0.370 e. The summed E-state index contributed by atoms with van der Waals surface area (Å²) in [5, 5.41) is 3.09. The van der Waals surface area contributed by atoms with Gasteiger partial charge in [-0.3, -0.25) is 9.79 Å². The van der Waals surface area contributed by atoms with E-state index < -0.39 is 0 Å². The van der Waals surface area contributed by atoms with E-state index >= 15 is 0 Å². The minimum absolute atomic E-state index is 0.264. The summed E-state index contributed by atoms with van der Waals surface area (Å²) in [6.45, 7) is 6.45. The van der Waals surface area contributed by atoms with Crippen LogP contribution in [-0.2, 0) is 4.79 Å². The molecule has 1 fully saturated rings. The molecule has 1 aromatic carbocycles. The highest BCUT2D eigenvalue weighted by Crippen LogP contribution is 2.13. The minimum atomic E-state index is 0.264. The number of amides is 1. The van der Waals surface area contributed by atoms with Crippen molar-refractivity contribution >= 4 is 17.6 Å². The topological polar surface area (TPSA) is 70.7 Å². The van der Waals surface area contributed by atoms with Gasteiger partial charge in [0.15, 0.2) is 5.96 Å². The molecule has 0 aromatic heterocycles. The molecule has 1 aliphatic heterocycles. The molecule has 2 rings (SSSR count). The zero-order valence-electron chi connectivity index (χ0n) is 12.9. The number of aliphatic imine (C=N–C) groups is 1. The first-order chi connectivity index (χ1) is 10.1. The zero-order chi connectivity index (χ0) is 15.2. The van der Waals surface area contributed by atoms with E-state index in [4.69, 9.17) is 5.73 Å². The summed E-state index contributed by atoms with van der Waals surface area (Å²) < 4.78 is 0. The Morgan fingerprint density at radius 2 is 2.19 bits per heavy atom. The van der Waals surface area contributed by atoms with Crippen molar-refractivity contribution in [1.82, 2.24) is 4.90 Å². The number of hydrogen-bond donors (Lipinski definition) is 2. The van der Waals surface area contributed by atoms with E-state index in [1.165, 1.54) is 11.1 Å². The van der Waals surface area contributed by atoms with Crippen molar-refractivity contribution in [2.24, 2.45) is 10.7 Å². The molecule has 21 heavy (non-hydrogen) atoms. The maximum Gasteiger partial charge on any atom is 0.222 e. The van der Waals surface area contributed by atoms with Gasteiger partial charge in [-0.1, -0.05) is 6.07 Å². The summed E-state index contributed by atoms with van der Waals surface area (Å²) in [7, 11) is 0. The lowest BCUT2D eigenvalue weighted by Crippen LogP contribution is -2.27. The van der Waals surface area contributed by atoms with Gasteiger partial charge < -0.3 is 16.0 Å². The molecule has 114 valence electrons. The largest absolute Gasteiger partial charge is 0.370 e.